The van der Waals surface area contributed by atoms with Crippen LogP contribution < -0.4 is 10.2 Å². The highest BCUT2D eigenvalue weighted by Crippen LogP contribution is 2.28. The van der Waals surface area contributed by atoms with Gasteiger partial charge in [-0.2, -0.15) is 0 Å². The summed E-state index contributed by atoms with van der Waals surface area (Å²) in [6.45, 7) is 8.51. The molecule has 5 nitrogen and oxygen atoms in total. The molecule has 0 bridgehead atoms. The van der Waals surface area contributed by atoms with Crippen molar-refractivity contribution < 1.29 is 23.6 Å². The molecule has 0 aliphatic carbocycles. The standard InChI is InChI=1S/C15H21BO5/c1-5-18-10-19-14-8-12(9-17)6-7-13(14)16-20-11(2)15(3,4)21-16/h6-9,11H,5,10H2,1-4H3. The molecule has 0 spiro atoms. The van der Waals surface area contributed by atoms with Crippen LogP contribution in [-0.2, 0) is 14.0 Å². The molecule has 1 unspecified atom stereocenters. The summed E-state index contributed by atoms with van der Waals surface area (Å²) in [6.07, 6.45) is 0.744. The number of carbonyl (C=O) groups excluding carboxylic acids is 1. The average Bonchev–Trinajstić information content (AvgIpc) is 2.73. The second-order valence-electron chi connectivity index (χ2n) is 5.50. The van der Waals surface area contributed by atoms with E-state index in [1.807, 2.05) is 27.7 Å². The first kappa shape index (κ1) is 16.0. The maximum Gasteiger partial charge on any atom is 0.498 e. The van der Waals surface area contributed by atoms with Crippen LogP contribution in [0.3, 0.4) is 0 Å². The summed E-state index contributed by atoms with van der Waals surface area (Å²) >= 11 is 0. The van der Waals surface area contributed by atoms with Gasteiger partial charge < -0.3 is 18.8 Å². The summed E-state index contributed by atoms with van der Waals surface area (Å²) in [5, 5.41) is 0. The van der Waals surface area contributed by atoms with Gasteiger partial charge in [-0.05, 0) is 33.8 Å². The van der Waals surface area contributed by atoms with E-state index in [2.05, 4.69) is 0 Å². The molecule has 1 aromatic carbocycles. The van der Waals surface area contributed by atoms with Crippen LogP contribution >= 0.6 is 0 Å². The van der Waals surface area contributed by atoms with Crippen molar-refractivity contribution in [2.24, 2.45) is 0 Å². The fourth-order valence-corrected chi connectivity index (χ4v) is 2.02. The Morgan fingerprint density at radius 1 is 1.43 bits per heavy atom. The quantitative estimate of drug-likeness (QED) is 0.346. The third kappa shape index (κ3) is 3.64. The Morgan fingerprint density at radius 2 is 2.19 bits per heavy atom. The number of benzene rings is 1. The first-order chi connectivity index (χ1) is 9.97. The molecule has 0 aromatic heterocycles. The van der Waals surface area contributed by atoms with Crippen molar-refractivity contribution in [3.8, 4) is 5.75 Å². The molecule has 114 valence electrons. The van der Waals surface area contributed by atoms with E-state index in [1.54, 1.807) is 18.2 Å². The smallest absolute Gasteiger partial charge is 0.468 e. The van der Waals surface area contributed by atoms with Gasteiger partial charge in [-0.25, -0.2) is 0 Å². The molecule has 0 amide bonds. The zero-order chi connectivity index (χ0) is 15.5. The minimum atomic E-state index is -0.507. The Kier molecular flexibility index (Phi) is 5.03. The molecule has 1 fully saturated rings. The molecule has 0 saturated carbocycles. The molecule has 1 saturated heterocycles. The average molecular weight is 292 g/mol. The number of aldehydes is 1. The monoisotopic (exact) mass is 292 g/mol. The summed E-state index contributed by atoms with van der Waals surface area (Å²) in [4.78, 5) is 10.9. The topological polar surface area (TPSA) is 54.0 Å². The Hall–Kier alpha value is -1.37. The number of rotatable bonds is 6. The Bertz CT molecular complexity index is 503. The molecular weight excluding hydrogens is 271 g/mol. The normalized spacial score (nSPS) is 20.6. The lowest BCUT2D eigenvalue weighted by molar-refractivity contribution is 0.0228. The SMILES string of the molecule is CCOCOc1cc(C=O)ccc1B1OC(C)C(C)(C)O1. The van der Waals surface area contributed by atoms with E-state index in [9.17, 15) is 4.79 Å². The predicted molar refractivity (Wildman–Crippen MR) is 80.0 cm³/mol. The van der Waals surface area contributed by atoms with Crippen LogP contribution in [0.2, 0.25) is 0 Å². The first-order valence-corrected chi connectivity index (χ1v) is 7.11. The molecule has 1 atom stereocenters. The van der Waals surface area contributed by atoms with Gasteiger partial charge in [0, 0.05) is 17.6 Å². The zero-order valence-corrected chi connectivity index (χ0v) is 12.9. The van der Waals surface area contributed by atoms with Crippen molar-refractivity contribution >= 4 is 18.9 Å². The fourth-order valence-electron chi connectivity index (χ4n) is 2.02. The number of hydrogen-bond acceptors (Lipinski definition) is 5. The lowest BCUT2D eigenvalue weighted by Gasteiger charge is -2.21. The first-order valence-electron chi connectivity index (χ1n) is 7.11. The lowest BCUT2D eigenvalue weighted by atomic mass is 9.78. The maximum absolute atomic E-state index is 10.9. The number of ether oxygens (including phenoxy) is 2. The molecule has 21 heavy (non-hydrogen) atoms. The van der Waals surface area contributed by atoms with E-state index < -0.39 is 7.12 Å². The lowest BCUT2D eigenvalue weighted by Crippen LogP contribution is -2.36. The van der Waals surface area contributed by atoms with E-state index in [4.69, 9.17) is 18.8 Å². The van der Waals surface area contributed by atoms with Crippen molar-refractivity contribution in [2.45, 2.75) is 39.4 Å². The van der Waals surface area contributed by atoms with Gasteiger partial charge in [0.2, 0.25) is 0 Å². The van der Waals surface area contributed by atoms with Gasteiger partial charge in [0.25, 0.3) is 0 Å². The number of carbonyl (C=O) groups is 1. The van der Waals surface area contributed by atoms with E-state index in [0.717, 1.165) is 11.7 Å². The van der Waals surface area contributed by atoms with Gasteiger partial charge in [0.15, 0.2) is 6.79 Å². The fraction of sp³-hybridized carbons (Fsp3) is 0.533. The third-order valence-electron chi connectivity index (χ3n) is 3.65. The Balaban J connectivity index is 2.23. The van der Waals surface area contributed by atoms with E-state index in [-0.39, 0.29) is 18.5 Å². The minimum Gasteiger partial charge on any atom is -0.468 e. The largest absolute Gasteiger partial charge is 0.498 e. The van der Waals surface area contributed by atoms with Gasteiger partial charge >= 0.3 is 7.12 Å². The second kappa shape index (κ2) is 6.60. The molecule has 0 radical (unpaired) electrons. The zero-order valence-electron chi connectivity index (χ0n) is 12.9. The third-order valence-corrected chi connectivity index (χ3v) is 3.65. The van der Waals surface area contributed by atoms with E-state index in [0.29, 0.717) is 17.9 Å². The van der Waals surface area contributed by atoms with Crippen LogP contribution in [-0.4, -0.2) is 38.5 Å². The van der Waals surface area contributed by atoms with Crippen LogP contribution in [0.15, 0.2) is 18.2 Å². The molecular formula is C15H21BO5. The Morgan fingerprint density at radius 3 is 2.76 bits per heavy atom. The highest BCUT2D eigenvalue weighted by atomic mass is 16.7. The van der Waals surface area contributed by atoms with Crippen molar-refractivity contribution in [3.05, 3.63) is 23.8 Å². The van der Waals surface area contributed by atoms with Crippen molar-refractivity contribution in [1.82, 2.24) is 0 Å². The highest BCUT2D eigenvalue weighted by molar-refractivity contribution is 6.63. The maximum atomic E-state index is 10.9. The van der Waals surface area contributed by atoms with Crippen LogP contribution in [0.1, 0.15) is 38.1 Å². The molecule has 0 N–H and O–H groups in total. The number of hydrogen-bond donors (Lipinski definition) is 0. The van der Waals surface area contributed by atoms with Gasteiger partial charge in [0.05, 0.1) is 11.7 Å². The summed E-state index contributed by atoms with van der Waals surface area (Å²) in [6, 6.07) is 5.19. The van der Waals surface area contributed by atoms with Gasteiger partial charge in [0.1, 0.15) is 12.0 Å². The van der Waals surface area contributed by atoms with Gasteiger partial charge in [-0.15, -0.1) is 0 Å². The van der Waals surface area contributed by atoms with Crippen LogP contribution in [0, 0.1) is 0 Å². The van der Waals surface area contributed by atoms with E-state index in [1.165, 1.54) is 0 Å². The molecule has 2 rings (SSSR count). The second-order valence-corrected chi connectivity index (χ2v) is 5.50. The highest BCUT2D eigenvalue weighted by Gasteiger charge is 2.45. The summed E-state index contributed by atoms with van der Waals surface area (Å²) in [5.74, 6) is 0.544. The van der Waals surface area contributed by atoms with Crippen molar-refractivity contribution in [3.63, 3.8) is 0 Å². The van der Waals surface area contributed by atoms with Crippen LogP contribution in [0.5, 0.6) is 5.75 Å². The molecule has 1 aliphatic heterocycles. The molecule has 6 heteroatoms. The van der Waals surface area contributed by atoms with Gasteiger partial charge in [-0.1, -0.05) is 12.1 Å². The van der Waals surface area contributed by atoms with Crippen molar-refractivity contribution in [2.75, 3.05) is 13.4 Å². The molecule has 1 aromatic rings. The Labute approximate surface area is 125 Å². The van der Waals surface area contributed by atoms with Crippen LogP contribution in [0.25, 0.3) is 0 Å². The summed E-state index contributed by atoms with van der Waals surface area (Å²) in [7, 11) is -0.507. The van der Waals surface area contributed by atoms with Crippen LogP contribution in [0.4, 0.5) is 0 Å². The predicted octanol–water partition coefficient (Wildman–Crippen LogP) is 1.78. The van der Waals surface area contributed by atoms with E-state index >= 15 is 0 Å². The van der Waals surface area contributed by atoms with Gasteiger partial charge in [-0.3, -0.25) is 4.79 Å². The minimum absolute atomic E-state index is 0.0343. The molecule has 1 heterocycles. The van der Waals surface area contributed by atoms with Crippen molar-refractivity contribution in [1.29, 1.82) is 0 Å². The summed E-state index contributed by atoms with van der Waals surface area (Å²) < 4.78 is 22.6. The molecule has 1 aliphatic rings. The summed E-state index contributed by atoms with van der Waals surface area (Å²) in [5.41, 5.74) is 0.929.